The Morgan fingerprint density at radius 3 is 2.76 bits per heavy atom. The Hall–Kier alpha value is -1.74. The van der Waals surface area contributed by atoms with Crippen LogP contribution in [0.5, 0.6) is 0 Å². The summed E-state index contributed by atoms with van der Waals surface area (Å²) in [4.78, 5) is 15.8. The van der Waals surface area contributed by atoms with E-state index in [9.17, 15) is 9.18 Å². The Labute approximate surface area is 103 Å². The molecule has 0 N–H and O–H groups in total. The molecule has 0 aliphatic heterocycles. The molecular formula is C13H9ClFNO. The highest BCUT2D eigenvalue weighted by molar-refractivity contribution is 6.34. The predicted octanol–water partition coefficient (Wildman–Crippen LogP) is 3.41. The van der Waals surface area contributed by atoms with Gasteiger partial charge in [0.25, 0.3) is 0 Å². The normalized spacial score (nSPS) is 10.3. The van der Waals surface area contributed by atoms with Crippen molar-refractivity contribution in [2.75, 3.05) is 0 Å². The van der Waals surface area contributed by atoms with Crippen molar-refractivity contribution in [3.8, 4) is 0 Å². The number of pyridine rings is 1. The van der Waals surface area contributed by atoms with Crippen molar-refractivity contribution in [1.82, 2.24) is 4.98 Å². The fraction of sp³-hybridized carbons (Fsp3) is 0.0769. The zero-order valence-electron chi connectivity index (χ0n) is 9.08. The number of benzene rings is 1. The van der Waals surface area contributed by atoms with Crippen LogP contribution in [-0.2, 0) is 0 Å². The van der Waals surface area contributed by atoms with Crippen LogP contribution in [0.25, 0.3) is 0 Å². The second-order valence-electron chi connectivity index (χ2n) is 3.65. The van der Waals surface area contributed by atoms with Gasteiger partial charge in [-0.1, -0.05) is 23.7 Å². The molecule has 0 fully saturated rings. The van der Waals surface area contributed by atoms with E-state index in [2.05, 4.69) is 4.98 Å². The lowest BCUT2D eigenvalue weighted by Crippen LogP contribution is -2.03. The third kappa shape index (κ3) is 2.34. The lowest BCUT2D eigenvalue weighted by Gasteiger charge is -2.04. The molecule has 0 aliphatic carbocycles. The molecule has 86 valence electrons. The Morgan fingerprint density at radius 1 is 1.35 bits per heavy atom. The second-order valence-corrected chi connectivity index (χ2v) is 4.06. The van der Waals surface area contributed by atoms with E-state index < -0.39 is 5.82 Å². The van der Waals surface area contributed by atoms with E-state index >= 15 is 0 Å². The molecule has 0 amide bonds. The lowest BCUT2D eigenvalue weighted by molar-refractivity contribution is 0.103. The molecule has 2 rings (SSSR count). The van der Waals surface area contributed by atoms with E-state index in [1.165, 1.54) is 24.5 Å². The first-order valence-corrected chi connectivity index (χ1v) is 5.38. The van der Waals surface area contributed by atoms with Crippen LogP contribution in [-0.4, -0.2) is 10.8 Å². The molecule has 1 aromatic heterocycles. The highest BCUT2D eigenvalue weighted by atomic mass is 35.5. The number of rotatable bonds is 2. The molecule has 2 aromatic rings. The number of carbonyl (C=O) groups is 1. The summed E-state index contributed by atoms with van der Waals surface area (Å²) in [6, 6.07) is 5.88. The van der Waals surface area contributed by atoms with E-state index in [-0.39, 0.29) is 16.4 Å². The van der Waals surface area contributed by atoms with Crippen LogP contribution >= 0.6 is 11.6 Å². The van der Waals surface area contributed by atoms with Crippen molar-refractivity contribution in [2.45, 2.75) is 6.92 Å². The maximum atomic E-state index is 13.4. The van der Waals surface area contributed by atoms with Crippen LogP contribution in [0, 0.1) is 12.7 Å². The molecule has 4 heteroatoms. The summed E-state index contributed by atoms with van der Waals surface area (Å²) in [6.07, 6.45) is 2.86. The van der Waals surface area contributed by atoms with Gasteiger partial charge in [-0.2, -0.15) is 0 Å². The number of halogens is 2. The predicted molar refractivity (Wildman–Crippen MR) is 63.8 cm³/mol. The molecule has 1 heterocycles. The number of nitrogens with zero attached hydrogens (tertiary/aromatic N) is 1. The van der Waals surface area contributed by atoms with Gasteiger partial charge in [0.05, 0.1) is 5.02 Å². The molecule has 0 atom stereocenters. The zero-order chi connectivity index (χ0) is 12.4. The minimum absolute atomic E-state index is 0.262. The quantitative estimate of drug-likeness (QED) is 0.764. The number of ketones is 1. The first-order chi connectivity index (χ1) is 8.09. The molecule has 1 aromatic carbocycles. The lowest BCUT2D eigenvalue weighted by atomic mass is 10.0. The Kier molecular flexibility index (Phi) is 3.20. The van der Waals surface area contributed by atoms with Gasteiger partial charge in [-0.05, 0) is 24.6 Å². The van der Waals surface area contributed by atoms with Crippen molar-refractivity contribution in [2.24, 2.45) is 0 Å². The zero-order valence-corrected chi connectivity index (χ0v) is 9.83. The molecule has 0 spiro atoms. The summed E-state index contributed by atoms with van der Waals surface area (Å²) in [6.45, 7) is 1.64. The van der Waals surface area contributed by atoms with Gasteiger partial charge in [-0.25, -0.2) is 4.39 Å². The first-order valence-electron chi connectivity index (χ1n) is 5.00. The molecule has 0 aliphatic rings. The number of hydrogen-bond acceptors (Lipinski definition) is 2. The van der Waals surface area contributed by atoms with Gasteiger partial charge >= 0.3 is 0 Å². The van der Waals surface area contributed by atoms with Crippen LogP contribution < -0.4 is 0 Å². The van der Waals surface area contributed by atoms with E-state index in [0.29, 0.717) is 11.1 Å². The van der Waals surface area contributed by atoms with E-state index in [4.69, 9.17) is 11.6 Å². The summed E-state index contributed by atoms with van der Waals surface area (Å²) >= 11 is 5.86. The maximum absolute atomic E-state index is 13.4. The fourth-order valence-electron chi connectivity index (χ4n) is 1.45. The Morgan fingerprint density at radius 2 is 2.12 bits per heavy atom. The number of aromatic nitrogens is 1. The maximum Gasteiger partial charge on any atom is 0.194 e. The monoisotopic (exact) mass is 249 g/mol. The second kappa shape index (κ2) is 4.63. The van der Waals surface area contributed by atoms with Gasteiger partial charge in [0.2, 0.25) is 0 Å². The highest BCUT2D eigenvalue weighted by Crippen LogP contribution is 2.19. The fourth-order valence-corrected chi connectivity index (χ4v) is 1.65. The summed E-state index contributed by atoms with van der Waals surface area (Å²) in [7, 11) is 0. The van der Waals surface area contributed by atoms with Crippen LogP contribution in [0.3, 0.4) is 0 Å². The number of hydrogen-bond donors (Lipinski definition) is 0. The van der Waals surface area contributed by atoms with Crippen molar-refractivity contribution < 1.29 is 9.18 Å². The topological polar surface area (TPSA) is 30.0 Å². The standard InChI is InChI=1S/C13H9ClFNO/c1-8-2-3-9(6-12(8)15)13(17)10-4-5-16-7-11(10)14/h2-7H,1H3. The molecule has 17 heavy (non-hydrogen) atoms. The summed E-state index contributed by atoms with van der Waals surface area (Å²) in [5, 5.41) is 0.262. The van der Waals surface area contributed by atoms with Crippen LogP contribution in [0.1, 0.15) is 21.5 Å². The smallest absolute Gasteiger partial charge is 0.194 e. The van der Waals surface area contributed by atoms with Crippen molar-refractivity contribution in [3.05, 3.63) is 64.2 Å². The number of carbonyl (C=O) groups excluding carboxylic acids is 1. The van der Waals surface area contributed by atoms with E-state index in [1.807, 2.05) is 0 Å². The Bertz CT molecular complexity index is 583. The average molecular weight is 250 g/mol. The largest absolute Gasteiger partial charge is 0.289 e. The average Bonchev–Trinajstić information content (AvgIpc) is 2.32. The van der Waals surface area contributed by atoms with E-state index in [0.717, 1.165) is 0 Å². The van der Waals surface area contributed by atoms with Crippen LogP contribution in [0.2, 0.25) is 5.02 Å². The van der Waals surface area contributed by atoms with Gasteiger partial charge < -0.3 is 0 Å². The van der Waals surface area contributed by atoms with Crippen molar-refractivity contribution in [3.63, 3.8) is 0 Å². The van der Waals surface area contributed by atoms with E-state index in [1.54, 1.807) is 19.1 Å². The van der Waals surface area contributed by atoms with Gasteiger partial charge in [0.1, 0.15) is 5.82 Å². The van der Waals surface area contributed by atoms with Crippen molar-refractivity contribution >= 4 is 17.4 Å². The van der Waals surface area contributed by atoms with Gasteiger partial charge in [0, 0.05) is 23.5 Å². The SMILES string of the molecule is Cc1ccc(C(=O)c2ccncc2Cl)cc1F. The number of aryl methyl sites for hydroxylation is 1. The minimum atomic E-state index is -0.402. The summed E-state index contributed by atoms with van der Waals surface area (Å²) in [5.41, 5.74) is 1.11. The highest BCUT2D eigenvalue weighted by Gasteiger charge is 2.13. The van der Waals surface area contributed by atoms with Crippen LogP contribution in [0.15, 0.2) is 36.7 Å². The molecule has 0 bridgehead atoms. The van der Waals surface area contributed by atoms with Crippen LogP contribution in [0.4, 0.5) is 4.39 Å². The Balaban J connectivity index is 2.44. The van der Waals surface area contributed by atoms with Gasteiger partial charge in [-0.3, -0.25) is 9.78 Å². The molecule has 2 nitrogen and oxygen atoms in total. The molecule has 0 unspecified atom stereocenters. The third-order valence-corrected chi connectivity index (χ3v) is 2.75. The third-order valence-electron chi connectivity index (χ3n) is 2.45. The molecular weight excluding hydrogens is 241 g/mol. The molecule has 0 saturated carbocycles. The van der Waals surface area contributed by atoms with Crippen molar-refractivity contribution in [1.29, 1.82) is 0 Å². The van der Waals surface area contributed by atoms with Gasteiger partial charge in [-0.15, -0.1) is 0 Å². The molecule has 0 radical (unpaired) electrons. The summed E-state index contributed by atoms with van der Waals surface area (Å²) < 4.78 is 13.4. The first kappa shape index (κ1) is 11.7. The van der Waals surface area contributed by atoms with Gasteiger partial charge in [0.15, 0.2) is 5.78 Å². The minimum Gasteiger partial charge on any atom is -0.289 e. The molecule has 0 saturated heterocycles. The summed E-state index contributed by atoms with van der Waals surface area (Å²) in [5.74, 6) is -0.711.